The Morgan fingerprint density at radius 1 is 0.569 bits per heavy atom. The van der Waals surface area contributed by atoms with Crippen LogP contribution < -0.4 is 14.5 Å². The molecule has 6 heteroatoms. The summed E-state index contributed by atoms with van der Waals surface area (Å²) in [5.74, 6) is 2.07. The SMILES string of the molecule is CC(C)(C)C1=CN(c2cc(-c3ccccc3)cc(C(C)(C)C)c2)[CH-]N1c1[c-]c(Oc2[c-]c3c(c(C(C)(C)c4ccccc4)c2)c2ccccc2n3-c2cc(C(C)(C)C)ccn2)ccc1.[Pt]. The van der Waals surface area contributed by atoms with Crippen LogP contribution in [0.3, 0.4) is 0 Å². The van der Waals surface area contributed by atoms with Gasteiger partial charge in [0, 0.05) is 61.1 Å². The summed E-state index contributed by atoms with van der Waals surface area (Å²) in [6.07, 6.45) is 4.19. The Labute approximate surface area is 401 Å². The van der Waals surface area contributed by atoms with E-state index in [9.17, 15) is 0 Å². The van der Waals surface area contributed by atoms with Gasteiger partial charge in [0.1, 0.15) is 5.82 Å². The van der Waals surface area contributed by atoms with Crippen LogP contribution in [0.15, 0.2) is 158 Å². The van der Waals surface area contributed by atoms with E-state index in [0.717, 1.165) is 50.3 Å². The third kappa shape index (κ3) is 8.93. The maximum absolute atomic E-state index is 6.96. The summed E-state index contributed by atoms with van der Waals surface area (Å²) >= 11 is 0. The Hall–Kier alpha value is -5.90. The molecule has 0 saturated heterocycles. The van der Waals surface area contributed by atoms with Crippen molar-refractivity contribution in [1.82, 2.24) is 9.55 Å². The molecular weight excluding hydrogens is 976 g/mol. The Kier molecular flexibility index (Phi) is 12.0. The standard InChI is InChI=1S/C59H59N4O.Pt/c1-56(2,3)43-29-30-60-54(34-43)63-51-28-19-18-27-49(51)55-50(59(10,11)42-23-16-13-17-24-42)36-48(37-52(55)63)64-47-26-20-25-45(35-47)62-39-61(38-53(62)58(7,8)9)46-32-41(40-21-14-12-15-22-40)31-44(33-46)57(4,5)6;/h12-34,36,38-39H,1-11H3;/q-3;. The number of ether oxygens (including phenoxy) is 1. The van der Waals surface area contributed by atoms with E-state index in [2.05, 4.69) is 249 Å². The number of hydrogen-bond acceptors (Lipinski definition) is 4. The number of allylic oxidation sites excluding steroid dienone is 1. The quantitative estimate of drug-likeness (QED) is 0.142. The van der Waals surface area contributed by atoms with Crippen LogP contribution in [0.2, 0.25) is 0 Å². The maximum Gasteiger partial charge on any atom is 0.135 e. The summed E-state index contributed by atoms with van der Waals surface area (Å²) in [5.41, 5.74) is 11.7. The fraction of sp³-hybridized carbons (Fsp3) is 0.254. The van der Waals surface area contributed by atoms with Crippen molar-refractivity contribution in [3.05, 3.63) is 199 Å². The summed E-state index contributed by atoms with van der Waals surface area (Å²) in [7, 11) is 0. The fourth-order valence-corrected chi connectivity index (χ4v) is 8.84. The zero-order chi connectivity index (χ0) is 45.2. The molecule has 1 aliphatic heterocycles. The van der Waals surface area contributed by atoms with Crippen LogP contribution in [0.1, 0.15) is 98.4 Å². The number of fused-ring (bicyclic) bond motifs is 3. The van der Waals surface area contributed by atoms with Crippen LogP contribution in [0.25, 0.3) is 38.8 Å². The molecule has 8 aromatic rings. The molecule has 0 N–H and O–H groups in total. The monoisotopic (exact) mass is 1030 g/mol. The smallest absolute Gasteiger partial charge is 0.135 e. The van der Waals surface area contributed by atoms with Gasteiger partial charge in [-0.15, -0.1) is 48.3 Å². The van der Waals surface area contributed by atoms with Gasteiger partial charge >= 0.3 is 0 Å². The van der Waals surface area contributed by atoms with Crippen molar-refractivity contribution in [1.29, 1.82) is 0 Å². The third-order valence-electron chi connectivity index (χ3n) is 12.6. The van der Waals surface area contributed by atoms with E-state index < -0.39 is 0 Å². The third-order valence-corrected chi connectivity index (χ3v) is 12.6. The zero-order valence-electron chi connectivity index (χ0n) is 39.5. The summed E-state index contributed by atoms with van der Waals surface area (Å²) < 4.78 is 9.21. The predicted molar refractivity (Wildman–Crippen MR) is 267 cm³/mol. The molecule has 3 heterocycles. The fourth-order valence-electron chi connectivity index (χ4n) is 8.84. The molecule has 0 unspecified atom stereocenters. The van der Waals surface area contributed by atoms with E-state index >= 15 is 0 Å². The van der Waals surface area contributed by atoms with E-state index in [1.165, 1.54) is 27.8 Å². The molecular formula is C59H59N4OPt-3. The van der Waals surface area contributed by atoms with Crippen molar-refractivity contribution in [3.63, 3.8) is 0 Å². The van der Waals surface area contributed by atoms with Crippen LogP contribution in [0, 0.1) is 24.2 Å². The molecule has 0 bridgehead atoms. The number of nitrogens with zero attached hydrogens (tertiary/aromatic N) is 4. The number of benzene rings is 6. The van der Waals surface area contributed by atoms with Crippen molar-refractivity contribution in [2.45, 2.75) is 92.4 Å². The largest absolute Gasteiger partial charge is 0.509 e. The Morgan fingerprint density at radius 3 is 1.94 bits per heavy atom. The van der Waals surface area contributed by atoms with Gasteiger partial charge < -0.3 is 19.1 Å². The first-order valence-electron chi connectivity index (χ1n) is 22.4. The topological polar surface area (TPSA) is 33.5 Å². The molecule has 9 rings (SSSR count). The average Bonchev–Trinajstić information content (AvgIpc) is 3.87. The van der Waals surface area contributed by atoms with Crippen molar-refractivity contribution >= 4 is 33.2 Å². The van der Waals surface area contributed by atoms with E-state index in [1.807, 2.05) is 12.3 Å². The summed E-state index contributed by atoms with van der Waals surface area (Å²) in [5, 5.41) is 2.28. The molecule has 0 amide bonds. The van der Waals surface area contributed by atoms with Crippen molar-refractivity contribution in [2.24, 2.45) is 5.41 Å². The van der Waals surface area contributed by atoms with Gasteiger partial charge in [-0.3, -0.25) is 0 Å². The second-order valence-corrected chi connectivity index (χ2v) is 20.8. The molecule has 0 aliphatic carbocycles. The Balaban J connectivity index is 0.00000576. The number of pyridine rings is 1. The van der Waals surface area contributed by atoms with Crippen LogP contribution in [-0.4, -0.2) is 9.55 Å². The Morgan fingerprint density at radius 2 is 1.25 bits per heavy atom. The molecule has 0 atom stereocenters. The van der Waals surface area contributed by atoms with Gasteiger partial charge in [-0.2, -0.15) is 6.07 Å². The van der Waals surface area contributed by atoms with Gasteiger partial charge in [0.15, 0.2) is 0 Å². The predicted octanol–water partition coefficient (Wildman–Crippen LogP) is 15.5. The second-order valence-electron chi connectivity index (χ2n) is 20.8. The van der Waals surface area contributed by atoms with Gasteiger partial charge in [-0.05, 0) is 86.0 Å². The zero-order valence-corrected chi connectivity index (χ0v) is 41.8. The van der Waals surface area contributed by atoms with E-state index in [-0.39, 0.29) is 42.7 Å². The number of para-hydroxylation sites is 1. The maximum atomic E-state index is 6.96. The van der Waals surface area contributed by atoms with Gasteiger partial charge in [-0.25, -0.2) is 4.98 Å². The molecule has 0 saturated carbocycles. The molecule has 0 fully saturated rings. The van der Waals surface area contributed by atoms with E-state index in [0.29, 0.717) is 11.5 Å². The van der Waals surface area contributed by atoms with E-state index in [4.69, 9.17) is 9.72 Å². The minimum absolute atomic E-state index is 0. The molecule has 1 aliphatic rings. The van der Waals surface area contributed by atoms with Gasteiger partial charge in [0.25, 0.3) is 0 Å². The normalized spacial score (nSPS) is 13.6. The number of aromatic nitrogens is 2. The average molecular weight is 1040 g/mol. The van der Waals surface area contributed by atoms with Crippen LogP contribution in [-0.2, 0) is 37.3 Å². The second kappa shape index (κ2) is 17.1. The van der Waals surface area contributed by atoms with Crippen molar-refractivity contribution < 1.29 is 25.8 Å². The van der Waals surface area contributed by atoms with Crippen LogP contribution >= 0.6 is 0 Å². The Bertz CT molecular complexity index is 3030. The van der Waals surface area contributed by atoms with Gasteiger partial charge in [-0.1, -0.05) is 172 Å². The number of rotatable bonds is 8. The van der Waals surface area contributed by atoms with Crippen molar-refractivity contribution in [3.8, 4) is 28.4 Å². The minimum atomic E-state index is -0.390. The van der Waals surface area contributed by atoms with Gasteiger partial charge in [0.2, 0.25) is 0 Å². The molecule has 65 heavy (non-hydrogen) atoms. The van der Waals surface area contributed by atoms with Crippen LogP contribution in [0.4, 0.5) is 11.4 Å². The summed E-state index contributed by atoms with van der Waals surface area (Å²) in [4.78, 5) is 9.49. The molecule has 0 spiro atoms. The number of anilines is 2. The van der Waals surface area contributed by atoms with Gasteiger partial charge in [0.05, 0.1) is 0 Å². The minimum Gasteiger partial charge on any atom is -0.509 e. The molecule has 2 aromatic heterocycles. The summed E-state index contributed by atoms with van der Waals surface area (Å²) in [6.45, 7) is 27.1. The van der Waals surface area contributed by atoms with Crippen molar-refractivity contribution in [2.75, 3.05) is 9.80 Å². The molecule has 0 radical (unpaired) electrons. The van der Waals surface area contributed by atoms with Crippen LogP contribution in [0.5, 0.6) is 11.5 Å². The number of hydrogen-bond donors (Lipinski definition) is 0. The first-order valence-corrected chi connectivity index (χ1v) is 22.4. The molecule has 334 valence electrons. The summed E-state index contributed by atoms with van der Waals surface area (Å²) in [6, 6.07) is 57.1. The molecule has 6 aromatic carbocycles. The first-order chi connectivity index (χ1) is 30.4. The van der Waals surface area contributed by atoms with E-state index in [1.54, 1.807) is 0 Å². The first kappa shape index (κ1) is 45.7. The molecule has 5 nitrogen and oxygen atoms in total.